The third-order valence-electron chi connectivity index (χ3n) is 2.13. The zero-order valence-corrected chi connectivity index (χ0v) is 8.17. The summed E-state index contributed by atoms with van der Waals surface area (Å²) in [6.07, 6.45) is 0. The third kappa shape index (κ3) is 3.46. The summed E-state index contributed by atoms with van der Waals surface area (Å²) in [5.74, 6) is 0. The fraction of sp³-hybridized carbons (Fsp3) is 0.455. The fourth-order valence-electron chi connectivity index (χ4n) is 1.41. The number of hydrogen-bond acceptors (Lipinski definition) is 1. The Morgan fingerprint density at radius 2 is 1.77 bits per heavy atom. The predicted molar refractivity (Wildman–Crippen MR) is 61.9 cm³/mol. The fourth-order valence-corrected chi connectivity index (χ4v) is 1.41. The van der Waals surface area contributed by atoms with Crippen LogP contribution in [0.1, 0.15) is 19.4 Å². The Kier molecular flexibility index (Phi) is 5.95. The van der Waals surface area contributed by atoms with Gasteiger partial charge in [-0.25, -0.2) is 0 Å². The van der Waals surface area contributed by atoms with Gasteiger partial charge in [0, 0.05) is 18.8 Å². The molecule has 0 bridgehead atoms. The number of aryl methyl sites for hydroxylation is 1. The molecule has 0 saturated carbocycles. The molecule has 1 rings (SSSR count). The molecule has 1 nitrogen and oxygen atoms in total. The van der Waals surface area contributed by atoms with E-state index in [0.29, 0.717) is 0 Å². The third-order valence-corrected chi connectivity index (χ3v) is 2.13. The summed E-state index contributed by atoms with van der Waals surface area (Å²) in [4.78, 5) is 2.35. The number of nitrogens with zero attached hydrogens (tertiary/aromatic N) is 1. The summed E-state index contributed by atoms with van der Waals surface area (Å²) in [6, 6.07) is 8.64. The van der Waals surface area contributed by atoms with Crippen LogP contribution in [0.15, 0.2) is 24.3 Å². The number of anilines is 1. The van der Waals surface area contributed by atoms with Crippen LogP contribution in [-0.2, 0) is 0 Å². The van der Waals surface area contributed by atoms with Crippen LogP contribution in [0.3, 0.4) is 0 Å². The zero-order chi connectivity index (χ0) is 8.97. The number of hydrogen-bond donors (Lipinski definition) is 0. The Hall–Kier alpha value is -0.383. The van der Waals surface area contributed by atoms with Crippen LogP contribution >= 0.6 is 0 Å². The second kappa shape index (κ2) is 6.13. The molecule has 0 heterocycles. The summed E-state index contributed by atoms with van der Waals surface area (Å²) in [5, 5.41) is 0. The minimum atomic E-state index is 0. The first kappa shape index (κ1) is 12.6. The van der Waals surface area contributed by atoms with Gasteiger partial charge in [-0.2, -0.15) is 0 Å². The van der Waals surface area contributed by atoms with E-state index in [4.69, 9.17) is 0 Å². The van der Waals surface area contributed by atoms with Crippen molar-refractivity contribution in [3.63, 3.8) is 0 Å². The Bertz CT molecular complexity index is 244. The standard InChI is InChI=1S/C11H17N.Li.H/c1-4-12(5-2)11-8-6-7-10(3)9-11;;/h6-9H,4-5H2,1-3H3;;. The number of benzene rings is 1. The summed E-state index contributed by atoms with van der Waals surface area (Å²) >= 11 is 0. The molecule has 0 N–H and O–H groups in total. The first-order valence-electron chi connectivity index (χ1n) is 4.59. The Morgan fingerprint density at radius 1 is 1.15 bits per heavy atom. The monoisotopic (exact) mass is 171 g/mol. The van der Waals surface area contributed by atoms with E-state index in [-0.39, 0.29) is 18.9 Å². The first-order valence-corrected chi connectivity index (χ1v) is 4.59. The normalized spacial score (nSPS) is 9.15. The van der Waals surface area contributed by atoms with Crippen LogP contribution < -0.4 is 4.90 Å². The van der Waals surface area contributed by atoms with Crippen LogP contribution in [0.4, 0.5) is 5.69 Å². The molecule has 1 aromatic rings. The molecule has 0 spiro atoms. The molecule has 0 unspecified atom stereocenters. The zero-order valence-electron chi connectivity index (χ0n) is 8.17. The molecule has 0 aromatic heterocycles. The average molecular weight is 171 g/mol. The molecule has 0 atom stereocenters. The summed E-state index contributed by atoms with van der Waals surface area (Å²) in [6.45, 7) is 8.67. The molecule has 0 fully saturated rings. The van der Waals surface area contributed by atoms with E-state index in [2.05, 4.69) is 49.9 Å². The maximum absolute atomic E-state index is 2.35. The van der Waals surface area contributed by atoms with Gasteiger partial charge in [0.25, 0.3) is 0 Å². The Balaban J connectivity index is 0.00000144. The Labute approximate surface area is 93.3 Å². The average Bonchev–Trinajstić information content (AvgIpc) is 2.07. The van der Waals surface area contributed by atoms with Crippen molar-refractivity contribution in [3.8, 4) is 0 Å². The molecule has 2 heteroatoms. The van der Waals surface area contributed by atoms with E-state index >= 15 is 0 Å². The van der Waals surface area contributed by atoms with Gasteiger partial charge in [-0.05, 0) is 38.5 Å². The van der Waals surface area contributed by atoms with Gasteiger partial charge in [-0.1, -0.05) is 12.1 Å². The molecular formula is C11H18LiN. The van der Waals surface area contributed by atoms with Gasteiger partial charge in [0.15, 0.2) is 0 Å². The van der Waals surface area contributed by atoms with E-state index in [1.807, 2.05) is 0 Å². The van der Waals surface area contributed by atoms with Crippen LogP contribution in [0.25, 0.3) is 0 Å². The Morgan fingerprint density at radius 3 is 2.23 bits per heavy atom. The molecule has 0 aliphatic carbocycles. The molecule has 13 heavy (non-hydrogen) atoms. The van der Waals surface area contributed by atoms with E-state index < -0.39 is 0 Å². The van der Waals surface area contributed by atoms with Gasteiger partial charge in [-0.3, -0.25) is 0 Å². The number of rotatable bonds is 3. The van der Waals surface area contributed by atoms with Crippen LogP contribution in [0.2, 0.25) is 0 Å². The van der Waals surface area contributed by atoms with Gasteiger partial charge in [0.2, 0.25) is 0 Å². The predicted octanol–water partition coefficient (Wildman–Crippen LogP) is 2.19. The van der Waals surface area contributed by atoms with Crippen molar-refractivity contribution in [2.75, 3.05) is 18.0 Å². The molecule has 1 aromatic carbocycles. The van der Waals surface area contributed by atoms with Crippen molar-refractivity contribution in [1.29, 1.82) is 0 Å². The van der Waals surface area contributed by atoms with Crippen molar-refractivity contribution in [3.05, 3.63) is 29.8 Å². The summed E-state index contributed by atoms with van der Waals surface area (Å²) in [7, 11) is 0. The maximum atomic E-state index is 2.35. The van der Waals surface area contributed by atoms with E-state index in [1.54, 1.807) is 0 Å². The molecule has 68 valence electrons. The van der Waals surface area contributed by atoms with Crippen LogP contribution in [-0.4, -0.2) is 32.0 Å². The van der Waals surface area contributed by atoms with Crippen LogP contribution in [0, 0.1) is 6.92 Å². The van der Waals surface area contributed by atoms with E-state index in [0.717, 1.165) is 13.1 Å². The topological polar surface area (TPSA) is 3.24 Å². The van der Waals surface area contributed by atoms with Gasteiger partial charge in [0.1, 0.15) is 0 Å². The SMILES string of the molecule is CCN(CC)c1cccc(C)c1.[LiH]. The van der Waals surface area contributed by atoms with Crippen molar-refractivity contribution < 1.29 is 0 Å². The molecule has 0 radical (unpaired) electrons. The van der Waals surface area contributed by atoms with Gasteiger partial charge in [-0.15, -0.1) is 0 Å². The quantitative estimate of drug-likeness (QED) is 0.630. The molecule has 0 aliphatic rings. The second-order valence-corrected chi connectivity index (χ2v) is 3.01. The van der Waals surface area contributed by atoms with Crippen molar-refractivity contribution in [2.45, 2.75) is 20.8 Å². The van der Waals surface area contributed by atoms with Crippen molar-refractivity contribution >= 4 is 24.5 Å². The summed E-state index contributed by atoms with van der Waals surface area (Å²) < 4.78 is 0. The molecular weight excluding hydrogens is 153 g/mol. The van der Waals surface area contributed by atoms with Gasteiger partial charge >= 0.3 is 18.9 Å². The van der Waals surface area contributed by atoms with Crippen molar-refractivity contribution in [2.24, 2.45) is 0 Å². The van der Waals surface area contributed by atoms with Gasteiger partial charge < -0.3 is 4.90 Å². The van der Waals surface area contributed by atoms with E-state index in [1.165, 1.54) is 11.3 Å². The van der Waals surface area contributed by atoms with Crippen molar-refractivity contribution in [1.82, 2.24) is 0 Å². The minimum absolute atomic E-state index is 0. The molecule has 0 amide bonds. The second-order valence-electron chi connectivity index (χ2n) is 3.01. The molecule has 0 aliphatic heterocycles. The summed E-state index contributed by atoms with van der Waals surface area (Å²) in [5.41, 5.74) is 2.67. The van der Waals surface area contributed by atoms with Gasteiger partial charge in [0.05, 0.1) is 0 Å². The van der Waals surface area contributed by atoms with Crippen LogP contribution in [0.5, 0.6) is 0 Å². The first-order chi connectivity index (χ1) is 5.77. The molecule has 0 saturated heterocycles. The van der Waals surface area contributed by atoms with E-state index in [9.17, 15) is 0 Å².